The number of pyridine rings is 1. The molecule has 0 fully saturated rings. The lowest BCUT2D eigenvalue weighted by atomic mass is 10.2. The number of likely N-dealkylation sites (N-methyl/N-ethyl adjacent to an activating group) is 1. The van der Waals surface area contributed by atoms with E-state index in [2.05, 4.69) is 15.2 Å². The van der Waals surface area contributed by atoms with E-state index in [1.54, 1.807) is 6.20 Å². The Bertz CT molecular complexity index is 441. The molecule has 0 amide bonds. The van der Waals surface area contributed by atoms with E-state index in [1.165, 1.54) is 0 Å². The number of aromatic nitrogens is 3. The maximum absolute atomic E-state index is 5.34. The highest BCUT2D eigenvalue weighted by molar-refractivity contribution is 5.26. The van der Waals surface area contributed by atoms with Gasteiger partial charge in [-0.1, -0.05) is 16.3 Å². The van der Waals surface area contributed by atoms with E-state index in [4.69, 9.17) is 10.2 Å². The van der Waals surface area contributed by atoms with Crippen molar-refractivity contribution in [2.45, 2.75) is 6.42 Å². The summed E-state index contributed by atoms with van der Waals surface area (Å²) in [4.78, 5) is 6.08. The summed E-state index contributed by atoms with van der Waals surface area (Å²) in [6.45, 7) is 0.749. The van der Waals surface area contributed by atoms with Gasteiger partial charge in [-0.25, -0.2) is 0 Å². The summed E-state index contributed by atoms with van der Waals surface area (Å²) in [7, 11) is 1.87. The lowest BCUT2D eigenvalue weighted by Crippen LogP contribution is -2.20. The quantitative estimate of drug-likeness (QED) is 0.816. The number of anilines is 2. The molecule has 0 saturated carbocycles. The Hall–Kier alpha value is -2.11. The van der Waals surface area contributed by atoms with Crippen molar-refractivity contribution in [3.8, 4) is 0 Å². The maximum Gasteiger partial charge on any atom is 0.319 e. The normalized spacial score (nSPS) is 10.3. The number of nitrogens with zero attached hydrogens (tertiary/aromatic N) is 4. The molecule has 0 aromatic carbocycles. The number of hydrogen-bond donors (Lipinski definition) is 1. The Morgan fingerprint density at radius 1 is 1.38 bits per heavy atom. The van der Waals surface area contributed by atoms with Gasteiger partial charge in [0.1, 0.15) is 0 Å². The molecule has 2 heterocycles. The van der Waals surface area contributed by atoms with E-state index in [0.29, 0.717) is 6.01 Å². The lowest BCUT2D eigenvalue weighted by molar-refractivity contribution is 0.559. The number of rotatable bonds is 4. The molecule has 0 aliphatic rings. The Balaban J connectivity index is 1.91. The molecule has 6 heteroatoms. The van der Waals surface area contributed by atoms with Crippen molar-refractivity contribution < 1.29 is 4.42 Å². The van der Waals surface area contributed by atoms with Crippen LogP contribution in [-0.2, 0) is 6.42 Å². The third-order valence-electron chi connectivity index (χ3n) is 2.19. The van der Waals surface area contributed by atoms with Crippen LogP contribution in [0.5, 0.6) is 0 Å². The van der Waals surface area contributed by atoms with E-state index >= 15 is 0 Å². The van der Waals surface area contributed by atoms with Gasteiger partial charge in [0.2, 0.25) is 0 Å². The van der Waals surface area contributed by atoms with Gasteiger partial charge in [0, 0.05) is 31.9 Å². The van der Waals surface area contributed by atoms with Crippen molar-refractivity contribution in [1.29, 1.82) is 0 Å². The van der Waals surface area contributed by atoms with Crippen molar-refractivity contribution in [1.82, 2.24) is 15.2 Å². The summed E-state index contributed by atoms with van der Waals surface area (Å²) >= 11 is 0. The van der Waals surface area contributed by atoms with Gasteiger partial charge < -0.3 is 15.1 Å². The van der Waals surface area contributed by atoms with Crippen molar-refractivity contribution >= 4 is 12.0 Å². The molecule has 0 aliphatic heterocycles. The zero-order chi connectivity index (χ0) is 11.4. The minimum atomic E-state index is 0.0830. The van der Waals surface area contributed by atoms with Gasteiger partial charge >= 0.3 is 12.0 Å². The van der Waals surface area contributed by atoms with Crippen molar-refractivity contribution in [3.63, 3.8) is 0 Å². The van der Waals surface area contributed by atoms with E-state index in [-0.39, 0.29) is 6.01 Å². The van der Waals surface area contributed by atoms with Crippen LogP contribution in [0.25, 0.3) is 0 Å². The van der Waals surface area contributed by atoms with Gasteiger partial charge in [-0.3, -0.25) is 4.98 Å². The average Bonchev–Trinajstić information content (AvgIpc) is 2.74. The molecular weight excluding hydrogens is 206 g/mol. The molecule has 2 rings (SSSR count). The molecule has 6 nitrogen and oxygen atoms in total. The smallest absolute Gasteiger partial charge is 0.319 e. The molecule has 2 N–H and O–H groups in total. The zero-order valence-corrected chi connectivity index (χ0v) is 9.00. The van der Waals surface area contributed by atoms with Gasteiger partial charge in [0.05, 0.1) is 0 Å². The molecular formula is C10H13N5O. The molecule has 0 bridgehead atoms. The van der Waals surface area contributed by atoms with Crippen LogP contribution in [0.2, 0.25) is 0 Å². The third kappa shape index (κ3) is 2.47. The molecule has 0 atom stereocenters. The van der Waals surface area contributed by atoms with E-state index in [9.17, 15) is 0 Å². The second kappa shape index (κ2) is 4.61. The topological polar surface area (TPSA) is 81.1 Å². The van der Waals surface area contributed by atoms with Crippen LogP contribution in [0.3, 0.4) is 0 Å². The fourth-order valence-electron chi connectivity index (χ4n) is 1.30. The highest BCUT2D eigenvalue weighted by Crippen LogP contribution is 2.11. The Labute approximate surface area is 93.1 Å². The summed E-state index contributed by atoms with van der Waals surface area (Å²) in [5, 5.41) is 7.39. The summed E-state index contributed by atoms with van der Waals surface area (Å²) in [5.74, 6) is 0. The maximum atomic E-state index is 5.34. The van der Waals surface area contributed by atoms with Crippen molar-refractivity contribution in [3.05, 3.63) is 30.1 Å². The standard InChI is InChI=1S/C10H13N5O/c1-15(10-14-13-9(11)16-10)7-5-8-4-2-3-6-12-8/h2-4,6H,5,7H2,1H3,(H2,11,13). The second-order valence-electron chi connectivity index (χ2n) is 3.42. The second-order valence-corrected chi connectivity index (χ2v) is 3.42. The van der Waals surface area contributed by atoms with Crippen molar-refractivity contribution in [2.75, 3.05) is 24.2 Å². The SMILES string of the molecule is CN(CCc1ccccn1)c1nnc(N)o1. The average molecular weight is 219 g/mol. The first-order chi connectivity index (χ1) is 7.75. The molecule has 84 valence electrons. The molecule has 2 aromatic heterocycles. The minimum absolute atomic E-state index is 0.0830. The van der Waals surface area contributed by atoms with Gasteiger partial charge in [0.25, 0.3) is 0 Å². The van der Waals surface area contributed by atoms with Crippen molar-refractivity contribution in [2.24, 2.45) is 0 Å². The fourth-order valence-corrected chi connectivity index (χ4v) is 1.30. The monoisotopic (exact) mass is 219 g/mol. The molecule has 2 aromatic rings. The predicted octanol–water partition coefficient (Wildman–Crippen LogP) is 0.726. The van der Waals surface area contributed by atoms with Crippen LogP contribution in [0.4, 0.5) is 12.0 Å². The van der Waals surface area contributed by atoms with Gasteiger partial charge in [0.15, 0.2) is 0 Å². The molecule has 0 aliphatic carbocycles. The van der Waals surface area contributed by atoms with Crippen LogP contribution >= 0.6 is 0 Å². The molecule has 0 spiro atoms. The first-order valence-corrected chi connectivity index (χ1v) is 4.96. The molecule has 0 radical (unpaired) electrons. The van der Waals surface area contributed by atoms with Crippen LogP contribution < -0.4 is 10.6 Å². The van der Waals surface area contributed by atoms with E-state index in [0.717, 1.165) is 18.7 Å². The van der Waals surface area contributed by atoms with Gasteiger partial charge in [-0.15, -0.1) is 0 Å². The first kappa shape index (κ1) is 10.4. The zero-order valence-electron chi connectivity index (χ0n) is 9.00. The molecule has 0 unspecified atom stereocenters. The summed E-state index contributed by atoms with van der Waals surface area (Å²) in [6, 6.07) is 6.35. The summed E-state index contributed by atoms with van der Waals surface area (Å²) in [5.41, 5.74) is 6.37. The lowest BCUT2D eigenvalue weighted by Gasteiger charge is -2.12. The fraction of sp³-hybridized carbons (Fsp3) is 0.300. The molecule has 16 heavy (non-hydrogen) atoms. The van der Waals surface area contributed by atoms with Gasteiger partial charge in [-0.05, 0) is 12.1 Å². The highest BCUT2D eigenvalue weighted by Gasteiger charge is 2.08. The third-order valence-corrected chi connectivity index (χ3v) is 2.19. The number of hydrogen-bond acceptors (Lipinski definition) is 6. The Morgan fingerprint density at radius 3 is 2.88 bits per heavy atom. The van der Waals surface area contributed by atoms with Gasteiger partial charge in [-0.2, -0.15) is 0 Å². The largest absolute Gasteiger partial charge is 0.390 e. The van der Waals surface area contributed by atoms with Crippen LogP contribution in [0.1, 0.15) is 5.69 Å². The first-order valence-electron chi connectivity index (χ1n) is 4.96. The minimum Gasteiger partial charge on any atom is -0.390 e. The Morgan fingerprint density at radius 2 is 2.25 bits per heavy atom. The summed E-state index contributed by atoms with van der Waals surface area (Å²) in [6.07, 6.45) is 2.60. The van der Waals surface area contributed by atoms with E-state index < -0.39 is 0 Å². The van der Waals surface area contributed by atoms with Crippen LogP contribution in [0.15, 0.2) is 28.8 Å². The van der Waals surface area contributed by atoms with Crippen LogP contribution in [-0.4, -0.2) is 28.8 Å². The number of nitrogen functional groups attached to an aromatic ring is 1. The Kier molecular flexibility index (Phi) is 3.00. The molecule has 0 saturated heterocycles. The highest BCUT2D eigenvalue weighted by atomic mass is 16.4. The van der Waals surface area contributed by atoms with Crippen LogP contribution in [0, 0.1) is 0 Å². The number of nitrogens with two attached hydrogens (primary N) is 1. The van der Waals surface area contributed by atoms with E-state index in [1.807, 2.05) is 30.1 Å². The predicted molar refractivity (Wildman–Crippen MR) is 59.9 cm³/mol. The summed E-state index contributed by atoms with van der Waals surface area (Å²) < 4.78 is 5.09.